The van der Waals surface area contributed by atoms with Crippen LogP contribution in [0.1, 0.15) is 35.2 Å². The first-order valence-electron chi connectivity index (χ1n) is 12.1. The molecule has 1 atom stereocenters. The van der Waals surface area contributed by atoms with E-state index in [4.69, 9.17) is 5.11 Å². The van der Waals surface area contributed by atoms with Crippen molar-refractivity contribution in [2.45, 2.75) is 37.0 Å². The molecule has 1 aliphatic rings. The average molecular weight is 561 g/mol. The molecule has 2 aromatic carbocycles. The number of carbonyl (C=O) groups is 2. The van der Waals surface area contributed by atoms with Gasteiger partial charge in [0.05, 0.1) is 15.3 Å². The second-order valence-electron chi connectivity index (χ2n) is 9.36. The van der Waals surface area contributed by atoms with Gasteiger partial charge in [-0.1, -0.05) is 18.2 Å². The van der Waals surface area contributed by atoms with Crippen molar-refractivity contribution >= 4 is 33.2 Å². The number of carbonyl (C=O) groups excluding carboxylic acids is 1. The van der Waals surface area contributed by atoms with E-state index in [1.54, 1.807) is 24.0 Å². The molecule has 4 rings (SSSR count). The summed E-state index contributed by atoms with van der Waals surface area (Å²) in [6.07, 6.45) is 0.711. The Kier molecular flexibility index (Phi) is 7.96. The molecule has 0 aliphatic carbocycles. The van der Waals surface area contributed by atoms with Crippen LogP contribution in [0.3, 0.4) is 0 Å². The minimum absolute atomic E-state index is 0.000308. The highest BCUT2D eigenvalue weighted by atomic mass is 32.2. The summed E-state index contributed by atoms with van der Waals surface area (Å²) in [5, 5.41) is 11.7. The summed E-state index contributed by atoms with van der Waals surface area (Å²) < 4.78 is 57.7. The number of hydrogen-bond donors (Lipinski definition) is 2. The molecule has 8 nitrogen and oxygen atoms in total. The molecule has 0 spiro atoms. The topological polar surface area (TPSA) is 112 Å². The maximum Gasteiger partial charge on any atom is 0.439 e. The number of nitrogens with one attached hydrogen (secondary N) is 1. The summed E-state index contributed by atoms with van der Waals surface area (Å²) in [6, 6.07) is 11.5. The minimum atomic E-state index is -3.28. The van der Waals surface area contributed by atoms with Crippen molar-refractivity contribution in [3.63, 3.8) is 0 Å². The summed E-state index contributed by atoms with van der Waals surface area (Å²) in [5.74, 6) is -3.59. The third-order valence-electron chi connectivity index (χ3n) is 6.50. The fourth-order valence-corrected chi connectivity index (χ4v) is 5.58. The second kappa shape index (κ2) is 11.0. The molecule has 206 valence electrons. The van der Waals surface area contributed by atoms with E-state index in [-0.39, 0.29) is 54.3 Å². The van der Waals surface area contributed by atoms with Crippen molar-refractivity contribution in [1.29, 1.82) is 0 Å². The fourth-order valence-electron chi connectivity index (χ4n) is 4.50. The molecular weight excluding hydrogens is 533 g/mol. The predicted molar refractivity (Wildman–Crippen MR) is 143 cm³/mol. The number of pyridine rings is 1. The minimum Gasteiger partial charge on any atom is -0.463 e. The molecule has 0 bridgehead atoms. The first-order valence-corrected chi connectivity index (χ1v) is 14.0. The van der Waals surface area contributed by atoms with E-state index in [9.17, 15) is 27.0 Å². The molecule has 1 aromatic heterocycles. The van der Waals surface area contributed by atoms with Gasteiger partial charge in [0, 0.05) is 54.5 Å². The molecule has 3 aromatic rings. The molecule has 0 radical (unpaired) electrons. The molecule has 1 aliphatic heterocycles. The molecule has 2 heterocycles. The highest BCUT2D eigenvalue weighted by molar-refractivity contribution is 7.93. The van der Waals surface area contributed by atoms with Crippen LogP contribution in [0.25, 0.3) is 11.1 Å². The molecule has 2 amide bonds. The van der Waals surface area contributed by atoms with Crippen LogP contribution in [0.5, 0.6) is 0 Å². The van der Waals surface area contributed by atoms with Crippen LogP contribution in [-0.2, 0) is 9.73 Å². The molecule has 1 fully saturated rings. The van der Waals surface area contributed by atoms with Crippen molar-refractivity contribution in [3.05, 3.63) is 71.7 Å². The SMILES string of the molecule is Cc1c(-c2ccc(F)cc2)cnc(N2CCCC(F)(F)CC2)c1C(=O)Nc1cccc(S(C)(=O)=NC(=O)O)c1. The quantitative estimate of drug-likeness (QED) is 0.384. The Morgan fingerprint density at radius 2 is 1.85 bits per heavy atom. The first-order chi connectivity index (χ1) is 18.4. The lowest BCUT2D eigenvalue weighted by atomic mass is 9.97. The number of benzene rings is 2. The van der Waals surface area contributed by atoms with Gasteiger partial charge >= 0.3 is 6.09 Å². The van der Waals surface area contributed by atoms with E-state index >= 15 is 0 Å². The Hall–Kier alpha value is -3.93. The van der Waals surface area contributed by atoms with Crippen molar-refractivity contribution in [3.8, 4) is 11.1 Å². The summed E-state index contributed by atoms with van der Waals surface area (Å²) in [4.78, 5) is 31.0. The van der Waals surface area contributed by atoms with Gasteiger partial charge < -0.3 is 15.3 Å². The zero-order chi connectivity index (χ0) is 28.4. The number of nitrogens with zero attached hydrogens (tertiary/aromatic N) is 3. The maximum absolute atomic E-state index is 14.1. The van der Waals surface area contributed by atoms with Gasteiger partial charge in [-0.25, -0.2) is 27.2 Å². The van der Waals surface area contributed by atoms with Crippen LogP contribution in [0.2, 0.25) is 0 Å². The van der Waals surface area contributed by atoms with Crippen LogP contribution in [0.4, 0.5) is 29.5 Å². The second-order valence-corrected chi connectivity index (χ2v) is 11.6. The van der Waals surface area contributed by atoms with Crippen molar-refractivity contribution in [2.75, 3.05) is 29.6 Å². The molecule has 1 saturated heterocycles. The summed E-state index contributed by atoms with van der Waals surface area (Å²) in [7, 11) is -3.28. The van der Waals surface area contributed by atoms with E-state index in [1.165, 1.54) is 48.9 Å². The number of alkyl halides is 2. The van der Waals surface area contributed by atoms with Gasteiger partial charge in [-0.3, -0.25) is 4.79 Å². The zero-order valence-electron chi connectivity index (χ0n) is 21.3. The molecule has 39 heavy (non-hydrogen) atoms. The highest BCUT2D eigenvalue weighted by Crippen LogP contribution is 2.35. The van der Waals surface area contributed by atoms with Crippen molar-refractivity contribution in [2.24, 2.45) is 4.36 Å². The predicted octanol–water partition coefficient (Wildman–Crippen LogP) is 6.21. The lowest BCUT2D eigenvalue weighted by Gasteiger charge is -2.26. The van der Waals surface area contributed by atoms with E-state index in [0.29, 0.717) is 16.7 Å². The first kappa shape index (κ1) is 28.1. The number of aromatic nitrogens is 1. The van der Waals surface area contributed by atoms with Gasteiger partial charge in [0.2, 0.25) is 5.92 Å². The van der Waals surface area contributed by atoms with Crippen LogP contribution in [-0.4, -0.2) is 51.6 Å². The summed E-state index contributed by atoms with van der Waals surface area (Å²) >= 11 is 0. The summed E-state index contributed by atoms with van der Waals surface area (Å²) in [5.41, 5.74) is 2.07. The molecule has 1 unspecified atom stereocenters. The largest absolute Gasteiger partial charge is 0.463 e. The Labute approximate surface area is 224 Å². The van der Waals surface area contributed by atoms with Gasteiger partial charge in [0.25, 0.3) is 5.91 Å². The Bertz CT molecular complexity index is 1540. The van der Waals surface area contributed by atoms with Gasteiger partial charge in [0.15, 0.2) is 0 Å². The van der Waals surface area contributed by atoms with Crippen LogP contribution >= 0.6 is 0 Å². The normalized spacial score (nSPS) is 16.6. The van der Waals surface area contributed by atoms with Crippen molar-refractivity contribution < 1.29 is 32.1 Å². The van der Waals surface area contributed by atoms with E-state index in [2.05, 4.69) is 14.7 Å². The lowest BCUT2D eigenvalue weighted by Crippen LogP contribution is -2.30. The van der Waals surface area contributed by atoms with E-state index in [1.807, 2.05) is 0 Å². The van der Waals surface area contributed by atoms with E-state index in [0.717, 1.165) is 0 Å². The number of amides is 2. The summed E-state index contributed by atoms with van der Waals surface area (Å²) in [6.45, 7) is 1.98. The van der Waals surface area contributed by atoms with Crippen LogP contribution in [0, 0.1) is 12.7 Å². The van der Waals surface area contributed by atoms with Gasteiger partial charge in [-0.2, -0.15) is 0 Å². The number of anilines is 2. The highest BCUT2D eigenvalue weighted by Gasteiger charge is 2.33. The Morgan fingerprint density at radius 3 is 2.54 bits per heavy atom. The number of carboxylic acid groups (broad SMARTS) is 1. The molecule has 0 saturated carbocycles. The number of halogens is 3. The van der Waals surface area contributed by atoms with E-state index < -0.39 is 33.5 Å². The molecule has 2 N–H and O–H groups in total. The zero-order valence-corrected chi connectivity index (χ0v) is 22.1. The third kappa shape index (κ3) is 6.56. The third-order valence-corrected chi connectivity index (χ3v) is 8.13. The molecular formula is C27H27F3N4O4S. The van der Waals surface area contributed by atoms with Gasteiger partial charge in [-0.05, 0) is 54.8 Å². The lowest BCUT2D eigenvalue weighted by molar-refractivity contribution is -0.0102. The monoisotopic (exact) mass is 560 g/mol. The van der Waals surface area contributed by atoms with Crippen LogP contribution in [0.15, 0.2) is 64.0 Å². The standard InChI is InChI=1S/C27H27F3N4O4S/c1-17-22(18-7-9-19(28)10-8-18)16-31-24(34-13-4-11-27(29,30)12-14-34)23(17)25(35)32-20-5-3-6-21(15-20)39(2,38)33-26(36)37/h3,5-10,15-16H,4,11-14H2,1-2H3,(H,32,35)(H,36,37). The molecule has 12 heteroatoms. The number of rotatable bonds is 5. The van der Waals surface area contributed by atoms with Crippen molar-refractivity contribution in [1.82, 2.24) is 4.98 Å². The Morgan fingerprint density at radius 1 is 1.13 bits per heavy atom. The van der Waals surface area contributed by atoms with Crippen LogP contribution < -0.4 is 10.2 Å². The number of hydrogen-bond acceptors (Lipinski definition) is 5. The Balaban J connectivity index is 1.77. The van der Waals surface area contributed by atoms with Gasteiger partial charge in [-0.15, -0.1) is 4.36 Å². The smallest absolute Gasteiger partial charge is 0.439 e. The average Bonchev–Trinajstić information content (AvgIpc) is 3.04. The maximum atomic E-state index is 14.1. The fraction of sp³-hybridized carbons (Fsp3) is 0.296. The van der Waals surface area contributed by atoms with Gasteiger partial charge in [0.1, 0.15) is 11.6 Å².